The summed E-state index contributed by atoms with van der Waals surface area (Å²) in [5.41, 5.74) is 0.928. The molecule has 1 aromatic rings. The predicted molar refractivity (Wildman–Crippen MR) is 85.6 cm³/mol. The second-order valence-corrected chi connectivity index (χ2v) is 6.60. The van der Waals surface area contributed by atoms with Crippen LogP contribution in [0.2, 0.25) is 0 Å². The average Bonchev–Trinajstić information content (AvgIpc) is 2.50. The molecule has 0 atom stereocenters. The number of benzene rings is 1. The molecule has 8 nitrogen and oxygen atoms in total. The number of carbonyl (C=O) groups excluding carboxylic acids is 2. The molecule has 0 aliphatic carbocycles. The van der Waals surface area contributed by atoms with Gasteiger partial charge in [-0.2, -0.15) is 0 Å². The second-order valence-electron chi connectivity index (χ2n) is 4.72. The highest BCUT2D eigenvalue weighted by atomic mass is 32.2. The van der Waals surface area contributed by atoms with Crippen molar-refractivity contribution in [2.45, 2.75) is 13.5 Å². The lowest BCUT2D eigenvalue weighted by Crippen LogP contribution is -2.32. The van der Waals surface area contributed by atoms with E-state index in [0.29, 0.717) is 15.6 Å². The van der Waals surface area contributed by atoms with Gasteiger partial charge in [0.15, 0.2) is 0 Å². The number of hydroxylamine groups is 1. The first kappa shape index (κ1) is 19.7. The number of nitrogens with zero attached hydrogens (tertiary/aromatic N) is 1. The molecule has 0 saturated carbocycles. The summed E-state index contributed by atoms with van der Waals surface area (Å²) in [5, 5.41) is 0. The highest BCUT2D eigenvalue weighted by molar-refractivity contribution is 7.88. The fourth-order valence-corrected chi connectivity index (χ4v) is 2.48. The van der Waals surface area contributed by atoms with Gasteiger partial charge in [0.05, 0.1) is 33.3 Å². The van der Waals surface area contributed by atoms with Gasteiger partial charge in [0.2, 0.25) is 10.0 Å². The van der Waals surface area contributed by atoms with Gasteiger partial charge < -0.3 is 14.3 Å². The van der Waals surface area contributed by atoms with Crippen LogP contribution < -0.4 is 0 Å². The van der Waals surface area contributed by atoms with Crippen molar-refractivity contribution in [2.24, 2.45) is 0 Å². The van der Waals surface area contributed by atoms with Crippen LogP contribution in [0, 0.1) is 0 Å². The number of hydrogen-bond donors (Lipinski definition) is 0. The molecule has 0 fully saturated rings. The molecular formula is C15H19NO7S. The molecule has 24 heavy (non-hydrogen) atoms. The van der Waals surface area contributed by atoms with Crippen molar-refractivity contribution in [3.05, 3.63) is 41.7 Å². The van der Waals surface area contributed by atoms with Crippen LogP contribution in [0.3, 0.4) is 0 Å². The van der Waals surface area contributed by atoms with Crippen LogP contribution in [0.5, 0.6) is 0 Å². The van der Waals surface area contributed by atoms with Crippen molar-refractivity contribution in [1.29, 1.82) is 0 Å². The first-order valence-electron chi connectivity index (χ1n) is 6.76. The van der Waals surface area contributed by atoms with E-state index in [1.807, 2.05) is 0 Å². The maximum Gasteiger partial charge on any atom is 0.341 e. The molecule has 0 aliphatic heterocycles. The molecule has 0 bridgehead atoms. The summed E-state index contributed by atoms with van der Waals surface area (Å²) < 4.78 is 33.7. The fourth-order valence-electron chi connectivity index (χ4n) is 1.87. The first-order valence-corrected chi connectivity index (χ1v) is 8.61. The summed E-state index contributed by atoms with van der Waals surface area (Å²) in [4.78, 5) is 27.8. The predicted octanol–water partition coefficient (Wildman–Crippen LogP) is 1.09. The minimum atomic E-state index is -3.82. The highest BCUT2D eigenvalue weighted by Gasteiger charge is 2.24. The fraction of sp³-hybridized carbons (Fsp3) is 0.333. The van der Waals surface area contributed by atoms with Crippen molar-refractivity contribution < 1.29 is 32.3 Å². The van der Waals surface area contributed by atoms with Crippen LogP contribution in [0.15, 0.2) is 30.5 Å². The second kappa shape index (κ2) is 8.46. The molecule has 0 amide bonds. The molecule has 0 aromatic heterocycles. The number of sulfonamides is 1. The van der Waals surface area contributed by atoms with Gasteiger partial charge in [-0.1, -0.05) is 24.3 Å². The molecule has 0 heterocycles. The molecule has 1 aromatic carbocycles. The summed E-state index contributed by atoms with van der Waals surface area (Å²) in [6.07, 6.45) is 2.10. The average molecular weight is 357 g/mol. The number of hydrogen-bond acceptors (Lipinski definition) is 7. The summed E-state index contributed by atoms with van der Waals surface area (Å²) in [6.45, 7) is 0.821. The van der Waals surface area contributed by atoms with E-state index in [9.17, 15) is 18.0 Å². The Balaban J connectivity index is 3.33. The van der Waals surface area contributed by atoms with Crippen molar-refractivity contribution >= 4 is 27.5 Å². The van der Waals surface area contributed by atoms with Crippen LogP contribution in [0.4, 0.5) is 0 Å². The van der Waals surface area contributed by atoms with E-state index >= 15 is 0 Å². The minimum absolute atomic E-state index is 0.104. The Kier molecular flexibility index (Phi) is 6.93. The molecule has 0 saturated heterocycles. The zero-order chi connectivity index (χ0) is 18.3. The Morgan fingerprint density at radius 1 is 1.21 bits per heavy atom. The van der Waals surface area contributed by atoms with Crippen molar-refractivity contribution in [2.75, 3.05) is 20.5 Å². The SMILES string of the molecule is CO/C=C(/C(=O)OC)c1ccccc1CN(OC(C)=O)S(C)(=O)=O. The molecule has 9 heteroatoms. The van der Waals surface area contributed by atoms with E-state index in [2.05, 4.69) is 0 Å². The van der Waals surface area contributed by atoms with Crippen LogP contribution in [-0.4, -0.2) is 45.3 Å². The zero-order valence-electron chi connectivity index (χ0n) is 13.8. The molecule has 0 radical (unpaired) electrons. The van der Waals surface area contributed by atoms with Gasteiger partial charge in [0, 0.05) is 6.92 Å². The molecular weight excluding hydrogens is 338 g/mol. The number of methoxy groups -OCH3 is 2. The van der Waals surface area contributed by atoms with Crippen molar-refractivity contribution in [3.63, 3.8) is 0 Å². The minimum Gasteiger partial charge on any atom is -0.503 e. The lowest BCUT2D eigenvalue weighted by atomic mass is 10.0. The van der Waals surface area contributed by atoms with Gasteiger partial charge in [-0.3, -0.25) is 4.79 Å². The molecule has 1 rings (SSSR count). The molecule has 0 spiro atoms. The Morgan fingerprint density at radius 2 is 1.83 bits per heavy atom. The molecule has 0 N–H and O–H groups in total. The van der Waals surface area contributed by atoms with Crippen LogP contribution in [0.1, 0.15) is 18.1 Å². The largest absolute Gasteiger partial charge is 0.503 e. The standard InChI is InChI=1S/C15H19NO7S/c1-11(17)23-16(24(4,19)20)9-12-7-5-6-8-13(12)14(10-21-2)15(18)22-3/h5-8,10H,9H2,1-4H3/b14-10+. The van der Waals surface area contributed by atoms with Crippen LogP contribution in [0.25, 0.3) is 5.57 Å². The van der Waals surface area contributed by atoms with Gasteiger partial charge in [0.1, 0.15) is 5.57 Å². The lowest BCUT2D eigenvalue weighted by Gasteiger charge is -2.20. The summed E-state index contributed by atoms with van der Waals surface area (Å²) in [6, 6.07) is 6.53. The molecule has 132 valence electrons. The smallest absolute Gasteiger partial charge is 0.341 e. The number of ether oxygens (including phenoxy) is 2. The first-order chi connectivity index (χ1) is 11.2. The summed E-state index contributed by atoms with van der Waals surface area (Å²) in [5.74, 6) is -1.43. The maximum absolute atomic E-state index is 11.9. The highest BCUT2D eigenvalue weighted by Crippen LogP contribution is 2.23. The van der Waals surface area contributed by atoms with Crippen molar-refractivity contribution in [1.82, 2.24) is 4.47 Å². The lowest BCUT2D eigenvalue weighted by molar-refractivity contribution is -0.167. The molecule has 0 aliphatic rings. The zero-order valence-corrected chi connectivity index (χ0v) is 14.6. The van der Waals surface area contributed by atoms with Gasteiger partial charge in [-0.25, -0.2) is 13.2 Å². The Morgan fingerprint density at radius 3 is 2.33 bits per heavy atom. The Hall–Kier alpha value is -2.39. The Labute approximate surface area is 140 Å². The number of esters is 1. The quantitative estimate of drug-likeness (QED) is 0.312. The molecule has 0 unspecified atom stereocenters. The third-order valence-corrected chi connectivity index (χ3v) is 3.79. The third kappa shape index (κ3) is 5.36. The normalized spacial score (nSPS) is 12.0. The van der Waals surface area contributed by atoms with Crippen LogP contribution >= 0.6 is 0 Å². The van der Waals surface area contributed by atoms with Crippen LogP contribution in [-0.2, 0) is 40.5 Å². The Bertz CT molecular complexity index is 740. The van der Waals surface area contributed by atoms with E-state index in [-0.39, 0.29) is 12.1 Å². The van der Waals surface area contributed by atoms with Gasteiger partial charge in [0.25, 0.3) is 0 Å². The van der Waals surface area contributed by atoms with E-state index in [0.717, 1.165) is 13.2 Å². The third-order valence-electron chi connectivity index (χ3n) is 2.85. The van der Waals surface area contributed by atoms with E-state index in [4.69, 9.17) is 14.3 Å². The van der Waals surface area contributed by atoms with Crippen molar-refractivity contribution in [3.8, 4) is 0 Å². The number of rotatable bonds is 7. The van der Waals surface area contributed by atoms with Gasteiger partial charge >= 0.3 is 11.9 Å². The van der Waals surface area contributed by atoms with Gasteiger partial charge in [-0.05, 0) is 15.6 Å². The van der Waals surface area contributed by atoms with Gasteiger partial charge in [-0.15, -0.1) is 0 Å². The monoisotopic (exact) mass is 357 g/mol. The topological polar surface area (TPSA) is 99.2 Å². The summed E-state index contributed by atoms with van der Waals surface area (Å²) >= 11 is 0. The van der Waals surface area contributed by atoms with E-state index < -0.39 is 22.0 Å². The van der Waals surface area contributed by atoms with E-state index in [1.165, 1.54) is 20.5 Å². The summed E-state index contributed by atoms with van der Waals surface area (Å²) in [7, 11) is -1.23. The number of carbonyl (C=O) groups is 2. The maximum atomic E-state index is 11.9. The van der Waals surface area contributed by atoms with E-state index in [1.54, 1.807) is 24.3 Å².